The van der Waals surface area contributed by atoms with Gasteiger partial charge in [-0.15, -0.1) is 0 Å². The van der Waals surface area contributed by atoms with Crippen LogP contribution in [-0.4, -0.2) is 19.1 Å². The first-order valence-corrected chi connectivity index (χ1v) is 4.69. The summed E-state index contributed by atoms with van der Waals surface area (Å²) in [7, 11) is 1.18. The van der Waals surface area contributed by atoms with Crippen LogP contribution >= 0.6 is 0 Å². The molecule has 2 N–H and O–H groups in total. The van der Waals surface area contributed by atoms with Crippen molar-refractivity contribution < 1.29 is 18.7 Å². The Morgan fingerprint density at radius 3 is 2.47 bits per heavy atom. The molecule has 0 aliphatic carbocycles. The number of halogens is 1. The number of amides is 2. The van der Waals surface area contributed by atoms with Crippen molar-refractivity contribution in [2.45, 2.75) is 0 Å². The van der Waals surface area contributed by atoms with Gasteiger partial charge in [0.15, 0.2) is 0 Å². The molecule has 90 valence electrons. The van der Waals surface area contributed by atoms with E-state index in [2.05, 4.69) is 10.2 Å². The molecule has 0 radical (unpaired) electrons. The first-order valence-electron chi connectivity index (χ1n) is 4.69. The van der Waals surface area contributed by atoms with Crippen LogP contribution in [0.3, 0.4) is 0 Å². The molecular formula is C11H11FN2O3. The van der Waals surface area contributed by atoms with Gasteiger partial charge >= 0.3 is 6.09 Å². The smallest absolute Gasteiger partial charge is 0.425 e. The molecule has 1 aromatic rings. The third-order valence-electron chi connectivity index (χ3n) is 1.77. The maximum atomic E-state index is 12.6. The molecule has 1 aromatic carbocycles. The fourth-order valence-corrected chi connectivity index (χ4v) is 0.951. The quantitative estimate of drug-likeness (QED) is 0.601. The second kappa shape index (κ2) is 6.26. The molecular weight excluding hydrogens is 227 g/mol. The summed E-state index contributed by atoms with van der Waals surface area (Å²) < 4.78 is 16.8. The van der Waals surface area contributed by atoms with Crippen molar-refractivity contribution in [3.8, 4) is 0 Å². The monoisotopic (exact) mass is 238 g/mol. The van der Waals surface area contributed by atoms with Crippen LogP contribution in [0.4, 0.5) is 9.18 Å². The predicted molar refractivity (Wildman–Crippen MR) is 59.1 cm³/mol. The van der Waals surface area contributed by atoms with Gasteiger partial charge in [-0.2, -0.15) is 0 Å². The Morgan fingerprint density at radius 2 is 1.88 bits per heavy atom. The fraction of sp³-hybridized carbons (Fsp3) is 0.0909. The van der Waals surface area contributed by atoms with Gasteiger partial charge in [-0.1, -0.05) is 12.1 Å². The predicted octanol–water partition coefficient (Wildman–Crippen LogP) is 1.23. The van der Waals surface area contributed by atoms with Crippen molar-refractivity contribution in [2.24, 2.45) is 0 Å². The molecule has 0 heterocycles. The van der Waals surface area contributed by atoms with Crippen LogP contribution in [0.2, 0.25) is 0 Å². The van der Waals surface area contributed by atoms with Gasteiger partial charge in [0.05, 0.1) is 7.11 Å². The average molecular weight is 238 g/mol. The highest BCUT2D eigenvalue weighted by atomic mass is 19.1. The third-order valence-corrected chi connectivity index (χ3v) is 1.77. The first-order chi connectivity index (χ1) is 8.11. The zero-order chi connectivity index (χ0) is 12.7. The van der Waals surface area contributed by atoms with E-state index in [1.165, 1.54) is 43.5 Å². The van der Waals surface area contributed by atoms with Crippen LogP contribution in [0.25, 0.3) is 6.08 Å². The van der Waals surface area contributed by atoms with Crippen molar-refractivity contribution in [3.05, 3.63) is 41.7 Å². The SMILES string of the molecule is COC(=O)NNC(=O)C=Cc1ccc(F)cc1. The zero-order valence-corrected chi connectivity index (χ0v) is 9.07. The second-order valence-electron chi connectivity index (χ2n) is 2.99. The van der Waals surface area contributed by atoms with Gasteiger partial charge in [0.2, 0.25) is 0 Å². The van der Waals surface area contributed by atoms with E-state index in [0.717, 1.165) is 0 Å². The van der Waals surface area contributed by atoms with Crippen LogP contribution in [0.5, 0.6) is 0 Å². The van der Waals surface area contributed by atoms with Gasteiger partial charge in [-0.25, -0.2) is 14.6 Å². The van der Waals surface area contributed by atoms with E-state index >= 15 is 0 Å². The molecule has 0 spiro atoms. The Balaban J connectivity index is 2.45. The number of carbonyl (C=O) groups excluding carboxylic acids is 2. The van der Waals surface area contributed by atoms with Gasteiger partial charge in [0.25, 0.3) is 5.91 Å². The zero-order valence-electron chi connectivity index (χ0n) is 9.07. The Morgan fingerprint density at radius 1 is 1.24 bits per heavy atom. The van der Waals surface area contributed by atoms with E-state index in [-0.39, 0.29) is 5.82 Å². The van der Waals surface area contributed by atoms with Gasteiger partial charge in [-0.05, 0) is 23.8 Å². The summed E-state index contributed by atoms with van der Waals surface area (Å²) in [6.07, 6.45) is 1.91. The standard InChI is InChI=1S/C11H11FN2O3/c1-17-11(16)14-13-10(15)7-4-8-2-5-9(12)6-3-8/h2-7H,1H3,(H,13,15)(H,14,16). The van der Waals surface area contributed by atoms with Crippen LogP contribution in [0.1, 0.15) is 5.56 Å². The molecule has 0 aliphatic rings. The van der Waals surface area contributed by atoms with Crippen molar-refractivity contribution in [2.75, 3.05) is 7.11 Å². The lowest BCUT2D eigenvalue weighted by molar-refractivity contribution is -0.117. The molecule has 1 rings (SSSR count). The molecule has 0 bridgehead atoms. The number of carbonyl (C=O) groups is 2. The number of methoxy groups -OCH3 is 1. The van der Waals surface area contributed by atoms with E-state index in [4.69, 9.17) is 0 Å². The van der Waals surface area contributed by atoms with Crippen molar-refractivity contribution in [1.29, 1.82) is 0 Å². The lowest BCUT2D eigenvalue weighted by Gasteiger charge is -2.02. The highest BCUT2D eigenvalue weighted by Gasteiger charge is 1.99. The Kier molecular flexibility index (Phi) is 4.68. The van der Waals surface area contributed by atoms with E-state index in [1.54, 1.807) is 0 Å². The minimum Gasteiger partial charge on any atom is -0.452 e. The van der Waals surface area contributed by atoms with Gasteiger partial charge < -0.3 is 4.74 Å². The summed E-state index contributed by atoms with van der Waals surface area (Å²) in [4.78, 5) is 21.8. The molecule has 2 amide bonds. The summed E-state index contributed by atoms with van der Waals surface area (Å²) in [5.41, 5.74) is 4.76. The summed E-state index contributed by atoms with van der Waals surface area (Å²) in [6.45, 7) is 0. The molecule has 5 nitrogen and oxygen atoms in total. The topological polar surface area (TPSA) is 67.4 Å². The molecule has 6 heteroatoms. The van der Waals surface area contributed by atoms with Crippen LogP contribution in [-0.2, 0) is 9.53 Å². The summed E-state index contributed by atoms with van der Waals surface area (Å²) >= 11 is 0. The highest BCUT2D eigenvalue weighted by molar-refractivity contribution is 5.92. The van der Waals surface area contributed by atoms with Crippen molar-refractivity contribution in [1.82, 2.24) is 10.9 Å². The first kappa shape index (κ1) is 12.7. The molecule has 0 aliphatic heterocycles. The number of rotatable bonds is 2. The Bertz CT molecular complexity index is 429. The number of benzene rings is 1. The molecule has 0 fully saturated rings. The van der Waals surface area contributed by atoms with Crippen LogP contribution in [0, 0.1) is 5.82 Å². The largest absolute Gasteiger partial charge is 0.452 e. The number of hydrogen-bond acceptors (Lipinski definition) is 3. The minimum atomic E-state index is -0.770. The van der Waals surface area contributed by atoms with Crippen molar-refractivity contribution in [3.63, 3.8) is 0 Å². The second-order valence-corrected chi connectivity index (χ2v) is 2.99. The molecule has 0 aromatic heterocycles. The van der Waals surface area contributed by atoms with Crippen LogP contribution < -0.4 is 10.9 Å². The maximum absolute atomic E-state index is 12.6. The van der Waals surface area contributed by atoms with E-state index in [1.807, 2.05) is 5.43 Å². The summed E-state index contributed by atoms with van der Waals surface area (Å²) in [6, 6.07) is 5.61. The van der Waals surface area contributed by atoms with Gasteiger partial charge in [0, 0.05) is 6.08 Å². The number of hydrogen-bond donors (Lipinski definition) is 2. The molecule has 17 heavy (non-hydrogen) atoms. The van der Waals surface area contributed by atoms with E-state index in [0.29, 0.717) is 5.56 Å². The normalized spacial score (nSPS) is 10.0. The lowest BCUT2D eigenvalue weighted by atomic mass is 10.2. The van der Waals surface area contributed by atoms with E-state index in [9.17, 15) is 14.0 Å². The van der Waals surface area contributed by atoms with Crippen LogP contribution in [0.15, 0.2) is 30.3 Å². The number of ether oxygens (including phenoxy) is 1. The van der Waals surface area contributed by atoms with E-state index < -0.39 is 12.0 Å². The Hall–Kier alpha value is -2.37. The Labute approximate surface area is 97.2 Å². The fourth-order valence-electron chi connectivity index (χ4n) is 0.951. The summed E-state index contributed by atoms with van der Waals surface area (Å²) in [5, 5.41) is 0. The number of hydrazine groups is 1. The maximum Gasteiger partial charge on any atom is 0.425 e. The van der Waals surface area contributed by atoms with Gasteiger partial charge in [0.1, 0.15) is 5.82 Å². The van der Waals surface area contributed by atoms with Gasteiger partial charge in [-0.3, -0.25) is 10.2 Å². The molecule has 0 saturated carbocycles. The third kappa shape index (κ3) is 4.78. The minimum absolute atomic E-state index is 0.348. The molecule has 0 saturated heterocycles. The molecule has 0 atom stereocenters. The highest BCUT2D eigenvalue weighted by Crippen LogP contribution is 2.04. The van der Waals surface area contributed by atoms with Crippen molar-refractivity contribution >= 4 is 18.1 Å². The average Bonchev–Trinajstić information content (AvgIpc) is 2.35. The number of nitrogens with one attached hydrogen (secondary N) is 2. The summed E-state index contributed by atoms with van der Waals surface area (Å²) in [5.74, 6) is -0.876. The molecule has 0 unspecified atom stereocenters. The lowest BCUT2D eigenvalue weighted by Crippen LogP contribution is -2.40.